The number of nitrogens with two attached hydrogens (primary N) is 1. The zero-order valence-electron chi connectivity index (χ0n) is 11.8. The highest BCUT2D eigenvalue weighted by Gasteiger charge is 2.25. The average Bonchev–Trinajstić information content (AvgIpc) is 2.47. The molecule has 1 saturated heterocycles. The van der Waals surface area contributed by atoms with Gasteiger partial charge in [0.25, 0.3) is 5.91 Å². The molecule has 0 spiro atoms. The molecule has 1 aromatic rings. The van der Waals surface area contributed by atoms with E-state index in [1.54, 1.807) is 12.1 Å². The van der Waals surface area contributed by atoms with Gasteiger partial charge in [0.05, 0.1) is 6.10 Å². The summed E-state index contributed by atoms with van der Waals surface area (Å²) in [7, 11) is 0. The lowest BCUT2D eigenvalue weighted by atomic mass is 10.1. The van der Waals surface area contributed by atoms with Gasteiger partial charge < -0.3 is 15.4 Å². The molecule has 0 radical (unpaired) electrons. The summed E-state index contributed by atoms with van der Waals surface area (Å²) in [6.45, 7) is 4.32. The van der Waals surface area contributed by atoms with Crippen LogP contribution in [0.15, 0.2) is 22.7 Å². The summed E-state index contributed by atoms with van der Waals surface area (Å²) in [5, 5.41) is 0. The fourth-order valence-corrected chi connectivity index (χ4v) is 2.65. The predicted octanol–water partition coefficient (Wildman–Crippen LogP) is 3.06. The van der Waals surface area contributed by atoms with Crippen LogP contribution < -0.4 is 5.73 Å². The molecule has 5 heteroatoms. The number of carbonyl (C=O) groups excluding carboxylic acids is 1. The molecule has 110 valence electrons. The SMILES string of the molecule is CCCOC1CCCN(C(=O)c2ccc(Br)c(N)c2)C1. The standard InChI is InChI=1S/C15H21BrN2O2/c1-2-8-20-12-4-3-7-18(10-12)15(19)11-5-6-13(16)14(17)9-11/h5-6,9,12H,2-4,7-8,10,17H2,1H3. The molecule has 1 unspecified atom stereocenters. The van der Waals surface area contributed by atoms with Crippen LogP contribution in [0.25, 0.3) is 0 Å². The van der Waals surface area contributed by atoms with Crippen molar-refractivity contribution in [2.75, 3.05) is 25.4 Å². The monoisotopic (exact) mass is 340 g/mol. The Labute approximate surface area is 128 Å². The third-order valence-electron chi connectivity index (χ3n) is 3.47. The number of hydrogen-bond acceptors (Lipinski definition) is 3. The maximum atomic E-state index is 12.5. The van der Waals surface area contributed by atoms with Gasteiger partial charge in [-0.3, -0.25) is 4.79 Å². The first kappa shape index (κ1) is 15.3. The number of nitrogen functional groups attached to an aromatic ring is 1. The number of piperidine rings is 1. The van der Waals surface area contributed by atoms with Gasteiger partial charge in [0, 0.05) is 35.4 Å². The molecule has 1 amide bonds. The Morgan fingerprint density at radius 3 is 3.05 bits per heavy atom. The van der Waals surface area contributed by atoms with Gasteiger partial charge in [-0.05, 0) is 53.4 Å². The number of nitrogens with zero attached hydrogens (tertiary/aromatic N) is 1. The number of carbonyl (C=O) groups is 1. The van der Waals surface area contributed by atoms with Crippen LogP contribution in [-0.2, 0) is 4.74 Å². The van der Waals surface area contributed by atoms with Crippen LogP contribution in [0.1, 0.15) is 36.5 Å². The Morgan fingerprint density at radius 2 is 2.35 bits per heavy atom. The molecule has 1 aromatic carbocycles. The number of likely N-dealkylation sites (tertiary alicyclic amines) is 1. The summed E-state index contributed by atoms with van der Waals surface area (Å²) in [6, 6.07) is 5.35. The van der Waals surface area contributed by atoms with E-state index in [0.717, 1.165) is 36.9 Å². The van der Waals surface area contributed by atoms with Gasteiger partial charge in [-0.25, -0.2) is 0 Å². The number of anilines is 1. The summed E-state index contributed by atoms with van der Waals surface area (Å²) in [6.07, 6.45) is 3.20. The number of rotatable bonds is 4. The third kappa shape index (κ3) is 3.73. The van der Waals surface area contributed by atoms with Crippen molar-refractivity contribution in [3.8, 4) is 0 Å². The highest BCUT2D eigenvalue weighted by atomic mass is 79.9. The summed E-state index contributed by atoms with van der Waals surface area (Å²) >= 11 is 3.34. The number of hydrogen-bond donors (Lipinski definition) is 1. The van der Waals surface area contributed by atoms with E-state index in [4.69, 9.17) is 10.5 Å². The van der Waals surface area contributed by atoms with Crippen molar-refractivity contribution in [2.45, 2.75) is 32.3 Å². The molecule has 0 saturated carbocycles. The Hall–Kier alpha value is -1.07. The fraction of sp³-hybridized carbons (Fsp3) is 0.533. The van der Waals surface area contributed by atoms with E-state index in [2.05, 4.69) is 22.9 Å². The lowest BCUT2D eigenvalue weighted by Crippen LogP contribution is -2.43. The van der Waals surface area contributed by atoms with E-state index in [9.17, 15) is 4.79 Å². The van der Waals surface area contributed by atoms with E-state index >= 15 is 0 Å². The second kappa shape index (κ2) is 7.09. The topological polar surface area (TPSA) is 55.6 Å². The number of amides is 1. The number of halogens is 1. The molecule has 20 heavy (non-hydrogen) atoms. The molecule has 1 atom stereocenters. The summed E-state index contributed by atoms with van der Waals surface area (Å²) in [5.74, 6) is 0.0361. The van der Waals surface area contributed by atoms with Gasteiger partial charge in [0.2, 0.25) is 0 Å². The van der Waals surface area contributed by atoms with Gasteiger partial charge >= 0.3 is 0 Å². The van der Waals surface area contributed by atoms with Gasteiger partial charge in [-0.15, -0.1) is 0 Å². The largest absolute Gasteiger partial charge is 0.398 e. The number of benzene rings is 1. The first-order valence-corrected chi connectivity index (χ1v) is 7.87. The molecule has 1 fully saturated rings. The highest BCUT2D eigenvalue weighted by Crippen LogP contribution is 2.22. The molecule has 0 bridgehead atoms. The van der Waals surface area contributed by atoms with Crippen LogP contribution >= 0.6 is 15.9 Å². The van der Waals surface area contributed by atoms with Crippen LogP contribution in [0.4, 0.5) is 5.69 Å². The Balaban J connectivity index is 2.02. The second-order valence-electron chi connectivity index (χ2n) is 5.12. The Bertz CT molecular complexity index is 479. The quantitative estimate of drug-likeness (QED) is 0.857. The van der Waals surface area contributed by atoms with Crippen molar-refractivity contribution in [1.82, 2.24) is 4.90 Å². The van der Waals surface area contributed by atoms with Crippen LogP contribution in [0.3, 0.4) is 0 Å². The van der Waals surface area contributed by atoms with E-state index in [-0.39, 0.29) is 12.0 Å². The average molecular weight is 341 g/mol. The van der Waals surface area contributed by atoms with Crippen molar-refractivity contribution in [1.29, 1.82) is 0 Å². The van der Waals surface area contributed by atoms with Crippen molar-refractivity contribution >= 4 is 27.5 Å². The van der Waals surface area contributed by atoms with Crippen LogP contribution in [0, 0.1) is 0 Å². The van der Waals surface area contributed by atoms with Gasteiger partial charge in [0.15, 0.2) is 0 Å². The molecule has 1 heterocycles. The maximum absolute atomic E-state index is 12.5. The number of ether oxygens (including phenoxy) is 1. The van der Waals surface area contributed by atoms with Crippen molar-refractivity contribution in [3.63, 3.8) is 0 Å². The normalized spacial score (nSPS) is 19.1. The summed E-state index contributed by atoms with van der Waals surface area (Å²) in [4.78, 5) is 14.3. The lowest BCUT2D eigenvalue weighted by Gasteiger charge is -2.32. The van der Waals surface area contributed by atoms with E-state index in [1.165, 1.54) is 0 Å². The molecule has 1 aliphatic rings. The maximum Gasteiger partial charge on any atom is 0.254 e. The van der Waals surface area contributed by atoms with Crippen LogP contribution in [-0.4, -0.2) is 36.6 Å². The van der Waals surface area contributed by atoms with Crippen LogP contribution in [0.2, 0.25) is 0 Å². The van der Waals surface area contributed by atoms with E-state index in [0.29, 0.717) is 17.8 Å². The smallest absolute Gasteiger partial charge is 0.254 e. The van der Waals surface area contributed by atoms with E-state index in [1.807, 2.05) is 11.0 Å². The zero-order chi connectivity index (χ0) is 14.5. The summed E-state index contributed by atoms with van der Waals surface area (Å²) < 4.78 is 6.58. The fourth-order valence-electron chi connectivity index (χ4n) is 2.40. The lowest BCUT2D eigenvalue weighted by molar-refractivity contribution is 0.00211. The van der Waals surface area contributed by atoms with Gasteiger partial charge in [-0.1, -0.05) is 6.92 Å². The second-order valence-corrected chi connectivity index (χ2v) is 5.98. The van der Waals surface area contributed by atoms with Crippen molar-refractivity contribution in [2.24, 2.45) is 0 Å². The first-order chi connectivity index (χ1) is 9.61. The minimum atomic E-state index is 0.0361. The minimum Gasteiger partial charge on any atom is -0.398 e. The minimum absolute atomic E-state index is 0.0361. The summed E-state index contributed by atoms with van der Waals surface area (Å²) in [5.41, 5.74) is 7.07. The molecule has 4 nitrogen and oxygen atoms in total. The molecule has 2 N–H and O–H groups in total. The van der Waals surface area contributed by atoms with Crippen LogP contribution in [0.5, 0.6) is 0 Å². The third-order valence-corrected chi connectivity index (χ3v) is 4.19. The molecule has 1 aliphatic heterocycles. The van der Waals surface area contributed by atoms with Gasteiger partial charge in [0.1, 0.15) is 0 Å². The first-order valence-electron chi connectivity index (χ1n) is 7.07. The van der Waals surface area contributed by atoms with Crippen molar-refractivity contribution in [3.05, 3.63) is 28.2 Å². The molecular formula is C15H21BrN2O2. The Kier molecular flexibility index (Phi) is 5.43. The Morgan fingerprint density at radius 1 is 1.55 bits per heavy atom. The van der Waals surface area contributed by atoms with E-state index < -0.39 is 0 Å². The highest BCUT2D eigenvalue weighted by molar-refractivity contribution is 9.10. The van der Waals surface area contributed by atoms with Gasteiger partial charge in [-0.2, -0.15) is 0 Å². The van der Waals surface area contributed by atoms with Crippen molar-refractivity contribution < 1.29 is 9.53 Å². The molecule has 2 rings (SSSR count). The molecule has 0 aromatic heterocycles. The zero-order valence-corrected chi connectivity index (χ0v) is 13.4. The molecule has 0 aliphatic carbocycles. The predicted molar refractivity (Wildman–Crippen MR) is 83.7 cm³/mol. The molecular weight excluding hydrogens is 320 g/mol.